The first kappa shape index (κ1) is 11.9. The molecule has 2 rings (SSSR count). The Labute approximate surface area is 104 Å². The van der Waals surface area contributed by atoms with Crippen LogP contribution in [0.3, 0.4) is 0 Å². The van der Waals surface area contributed by atoms with E-state index < -0.39 is 5.82 Å². The van der Waals surface area contributed by atoms with Gasteiger partial charge in [0.25, 0.3) is 0 Å². The third kappa shape index (κ3) is 2.55. The number of nitriles is 1. The van der Waals surface area contributed by atoms with E-state index in [0.29, 0.717) is 11.5 Å². The van der Waals surface area contributed by atoms with Crippen molar-refractivity contribution in [2.24, 2.45) is 0 Å². The Balaban J connectivity index is 2.31. The van der Waals surface area contributed by atoms with Crippen molar-refractivity contribution in [3.05, 3.63) is 47.9 Å². The Bertz CT molecular complexity index is 604. The number of pyridine rings is 1. The molecule has 0 amide bonds. The minimum atomic E-state index is -0.428. The number of hydrogen-bond acceptors (Lipinski definition) is 4. The lowest BCUT2D eigenvalue weighted by molar-refractivity contribution is 0.627. The highest BCUT2D eigenvalue weighted by Gasteiger charge is 2.04. The summed E-state index contributed by atoms with van der Waals surface area (Å²) in [5.74, 6) is 0.281. The van der Waals surface area contributed by atoms with Gasteiger partial charge in [-0.25, -0.2) is 9.37 Å². The Morgan fingerprint density at radius 1 is 1.28 bits per heavy atom. The van der Waals surface area contributed by atoms with E-state index in [0.717, 1.165) is 5.69 Å². The Morgan fingerprint density at radius 3 is 2.83 bits per heavy atom. The number of benzene rings is 1. The van der Waals surface area contributed by atoms with Crippen LogP contribution in [-0.4, -0.2) is 12.0 Å². The van der Waals surface area contributed by atoms with E-state index in [4.69, 9.17) is 5.26 Å². The molecule has 0 saturated heterocycles. The Hall–Kier alpha value is -2.61. The highest BCUT2D eigenvalue weighted by Crippen LogP contribution is 2.22. The van der Waals surface area contributed by atoms with Crippen LogP contribution in [0.2, 0.25) is 0 Å². The van der Waals surface area contributed by atoms with Crippen LogP contribution >= 0.6 is 0 Å². The van der Waals surface area contributed by atoms with Gasteiger partial charge in [0.2, 0.25) is 0 Å². The average Bonchev–Trinajstić information content (AvgIpc) is 2.41. The molecule has 0 unspecified atom stereocenters. The molecule has 2 N–H and O–H groups in total. The summed E-state index contributed by atoms with van der Waals surface area (Å²) in [6.45, 7) is 0. The van der Waals surface area contributed by atoms with E-state index in [1.165, 1.54) is 18.2 Å². The second kappa shape index (κ2) is 5.15. The summed E-state index contributed by atoms with van der Waals surface area (Å²) in [6.07, 6.45) is 1.64. The van der Waals surface area contributed by atoms with Crippen LogP contribution < -0.4 is 10.6 Å². The van der Waals surface area contributed by atoms with Crippen LogP contribution in [-0.2, 0) is 0 Å². The maximum Gasteiger partial charge on any atom is 0.127 e. The fourth-order valence-corrected chi connectivity index (χ4v) is 1.52. The zero-order chi connectivity index (χ0) is 13.0. The molecule has 0 spiro atoms. The van der Waals surface area contributed by atoms with Gasteiger partial charge < -0.3 is 10.6 Å². The first-order chi connectivity index (χ1) is 8.72. The molecule has 90 valence electrons. The number of rotatable bonds is 3. The molecule has 0 aliphatic carbocycles. The molecule has 0 bridgehead atoms. The first-order valence-corrected chi connectivity index (χ1v) is 5.33. The smallest absolute Gasteiger partial charge is 0.127 e. The van der Waals surface area contributed by atoms with Gasteiger partial charge >= 0.3 is 0 Å². The van der Waals surface area contributed by atoms with Crippen LogP contribution in [0, 0.1) is 17.1 Å². The minimum absolute atomic E-state index is 0.262. The molecular weight excluding hydrogens is 231 g/mol. The van der Waals surface area contributed by atoms with Crippen LogP contribution in [0.25, 0.3) is 0 Å². The van der Waals surface area contributed by atoms with E-state index in [9.17, 15) is 4.39 Å². The molecule has 0 saturated carbocycles. The summed E-state index contributed by atoms with van der Waals surface area (Å²) in [6, 6.07) is 9.56. The third-order valence-corrected chi connectivity index (χ3v) is 2.40. The SMILES string of the molecule is CNc1cc(Nc2ccc(F)cc2C#N)ccn1. The normalized spacial score (nSPS) is 9.61. The summed E-state index contributed by atoms with van der Waals surface area (Å²) in [4.78, 5) is 4.08. The van der Waals surface area contributed by atoms with Gasteiger partial charge in [-0.3, -0.25) is 0 Å². The second-order valence-corrected chi connectivity index (χ2v) is 3.61. The standard InChI is InChI=1S/C13H11FN4/c1-16-13-7-11(4-5-17-13)18-12-3-2-10(14)6-9(12)8-15/h2-7H,1H3,(H2,16,17,18). The van der Waals surface area contributed by atoms with Gasteiger partial charge in [0.05, 0.1) is 11.3 Å². The van der Waals surface area contributed by atoms with Crippen LogP contribution in [0.1, 0.15) is 5.56 Å². The molecule has 4 nitrogen and oxygen atoms in total. The van der Waals surface area contributed by atoms with Crippen molar-refractivity contribution in [1.82, 2.24) is 4.98 Å². The number of nitrogens with zero attached hydrogens (tertiary/aromatic N) is 2. The fourth-order valence-electron chi connectivity index (χ4n) is 1.52. The quantitative estimate of drug-likeness (QED) is 0.868. The van der Waals surface area contributed by atoms with Crippen molar-refractivity contribution >= 4 is 17.2 Å². The third-order valence-electron chi connectivity index (χ3n) is 2.40. The summed E-state index contributed by atoms with van der Waals surface area (Å²) >= 11 is 0. The monoisotopic (exact) mass is 242 g/mol. The van der Waals surface area contributed by atoms with Crippen molar-refractivity contribution in [3.63, 3.8) is 0 Å². The topological polar surface area (TPSA) is 60.7 Å². The molecule has 2 aromatic rings. The Kier molecular flexibility index (Phi) is 3.39. The van der Waals surface area contributed by atoms with Crippen molar-refractivity contribution in [3.8, 4) is 6.07 Å². The van der Waals surface area contributed by atoms with Crippen LogP contribution in [0.5, 0.6) is 0 Å². The van der Waals surface area contributed by atoms with Crippen molar-refractivity contribution in [2.45, 2.75) is 0 Å². The van der Waals surface area contributed by atoms with Crippen molar-refractivity contribution < 1.29 is 4.39 Å². The molecule has 1 aromatic heterocycles. The van der Waals surface area contributed by atoms with Crippen molar-refractivity contribution in [1.29, 1.82) is 5.26 Å². The predicted molar refractivity (Wildman–Crippen MR) is 68.2 cm³/mol. The van der Waals surface area contributed by atoms with Crippen molar-refractivity contribution in [2.75, 3.05) is 17.7 Å². The molecule has 0 radical (unpaired) electrons. The number of aromatic nitrogens is 1. The summed E-state index contributed by atoms with van der Waals surface area (Å²) in [5.41, 5.74) is 1.60. The largest absolute Gasteiger partial charge is 0.373 e. The molecule has 0 fully saturated rings. The van der Waals surface area contributed by atoms with E-state index in [1.54, 1.807) is 25.4 Å². The van der Waals surface area contributed by atoms with Gasteiger partial charge in [0, 0.05) is 25.0 Å². The van der Waals surface area contributed by atoms with Gasteiger partial charge in [-0.15, -0.1) is 0 Å². The maximum absolute atomic E-state index is 13.0. The Morgan fingerprint density at radius 2 is 2.11 bits per heavy atom. The average molecular weight is 242 g/mol. The summed E-state index contributed by atoms with van der Waals surface area (Å²) in [7, 11) is 1.77. The zero-order valence-corrected chi connectivity index (χ0v) is 9.74. The van der Waals surface area contributed by atoms with E-state index >= 15 is 0 Å². The van der Waals surface area contributed by atoms with Crippen LogP contribution in [0.4, 0.5) is 21.6 Å². The number of anilines is 3. The molecule has 0 atom stereocenters. The van der Waals surface area contributed by atoms with Gasteiger partial charge in [-0.05, 0) is 24.3 Å². The second-order valence-electron chi connectivity index (χ2n) is 3.61. The highest BCUT2D eigenvalue weighted by molar-refractivity contribution is 5.67. The van der Waals surface area contributed by atoms with Gasteiger partial charge in [0.15, 0.2) is 0 Å². The molecule has 18 heavy (non-hydrogen) atoms. The maximum atomic E-state index is 13.0. The van der Waals surface area contributed by atoms with Crippen LogP contribution in [0.15, 0.2) is 36.5 Å². The fraction of sp³-hybridized carbons (Fsp3) is 0.0769. The zero-order valence-electron chi connectivity index (χ0n) is 9.74. The van der Waals surface area contributed by atoms with Gasteiger partial charge in [0.1, 0.15) is 17.7 Å². The predicted octanol–water partition coefficient (Wildman–Crippen LogP) is 2.88. The lowest BCUT2D eigenvalue weighted by atomic mass is 10.2. The van der Waals surface area contributed by atoms with Gasteiger partial charge in [-0.2, -0.15) is 5.26 Å². The molecular formula is C13H11FN4. The van der Waals surface area contributed by atoms with Gasteiger partial charge in [-0.1, -0.05) is 0 Å². The molecule has 1 heterocycles. The number of nitrogens with one attached hydrogen (secondary N) is 2. The minimum Gasteiger partial charge on any atom is -0.373 e. The molecule has 0 aliphatic rings. The number of hydrogen-bond donors (Lipinski definition) is 2. The molecule has 5 heteroatoms. The summed E-state index contributed by atoms with van der Waals surface area (Å²) in [5, 5.41) is 14.9. The van der Waals surface area contributed by atoms with E-state index in [-0.39, 0.29) is 5.56 Å². The first-order valence-electron chi connectivity index (χ1n) is 5.33. The molecule has 1 aromatic carbocycles. The lowest BCUT2D eigenvalue weighted by Crippen LogP contribution is -1.97. The number of halogens is 1. The summed E-state index contributed by atoms with van der Waals surface area (Å²) < 4.78 is 13.0. The van der Waals surface area contributed by atoms with E-state index in [1.807, 2.05) is 6.07 Å². The lowest BCUT2D eigenvalue weighted by Gasteiger charge is -2.09. The van der Waals surface area contributed by atoms with E-state index in [2.05, 4.69) is 15.6 Å². The molecule has 0 aliphatic heterocycles. The highest BCUT2D eigenvalue weighted by atomic mass is 19.1.